The minimum atomic E-state index is 0.953. The maximum absolute atomic E-state index is 4.64. The molecular formula is C10H16N2S. The van der Waals surface area contributed by atoms with Crippen molar-refractivity contribution < 1.29 is 0 Å². The van der Waals surface area contributed by atoms with Gasteiger partial charge in [0.2, 0.25) is 0 Å². The van der Waals surface area contributed by atoms with Crippen molar-refractivity contribution in [2.24, 2.45) is 0 Å². The van der Waals surface area contributed by atoms with Crippen molar-refractivity contribution in [3.8, 4) is 0 Å². The fraction of sp³-hybridized carbons (Fsp3) is 0.700. The number of aryl methyl sites for hydroxylation is 2. The van der Waals surface area contributed by atoms with Gasteiger partial charge in [-0.3, -0.25) is 0 Å². The first-order chi connectivity index (χ1) is 6.40. The molecule has 13 heavy (non-hydrogen) atoms. The third kappa shape index (κ3) is 2.09. The van der Waals surface area contributed by atoms with E-state index in [1.165, 1.54) is 36.4 Å². The van der Waals surface area contributed by atoms with Crippen molar-refractivity contribution in [3.05, 3.63) is 15.6 Å². The van der Waals surface area contributed by atoms with E-state index in [1.807, 2.05) is 11.3 Å². The number of nitrogens with one attached hydrogen (secondary N) is 1. The molecule has 1 heterocycles. The highest BCUT2D eigenvalue weighted by atomic mass is 32.1. The highest BCUT2D eigenvalue weighted by molar-refractivity contribution is 7.11. The fourth-order valence-electron chi connectivity index (χ4n) is 1.71. The standard InChI is InChI=1S/C10H16N2S/c1-2-11-7-10-12-8-5-3-4-6-9(8)13-10/h11H,2-7H2,1H3. The maximum atomic E-state index is 4.64. The molecule has 0 unspecified atom stereocenters. The Kier molecular flexibility index (Phi) is 2.96. The Morgan fingerprint density at radius 3 is 3.00 bits per heavy atom. The van der Waals surface area contributed by atoms with Gasteiger partial charge in [0.05, 0.1) is 5.69 Å². The van der Waals surface area contributed by atoms with Crippen LogP contribution in [0.3, 0.4) is 0 Å². The molecule has 2 nitrogen and oxygen atoms in total. The Labute approximate surface area is 83.4 Å². The summed E-state index contributed by atoms with van der Waals surface area (Å²) in [7, 11) is 0. The molecule has 1 aliphatic rings. The molecule has 0 aliphatic heterocycles. The van der Waals surface area contributed by atoms with E-state index in [0.29, 0.717) is 0 Å². The van der Waals surface area contributed by atoms with Gasteiger partial charge in [0.25, 0.3) is 0 Å². The van der Waals surface area contributed by atoms with Crippen molar-refractivity contribution in [1.29, 1.82) is 0 Å². The van der Waals surface area contributed by atoms with Gasteiger partial charge < -0.3 is 5.32 Å². The minimum absolute atomic E-state index is 0.953. The molecule has 2 rings (SSSR count). The molecule has 0 atom stereocenters. The van der Waals surface area contributed by atoms with Crippen LogP contribution < -0.4 is 5.32 Å². The molecule has 1 aromatic rings. The second-order valence-electron chi connectivity index (χ2n) is 3.46. The van der Waals surface area contributed by atoms with E-state index >= 15 is 0 Å². The molecule has 72 valence electrons. The molecule has 0 amide bonds. The van der Waals surface area contributed by atoms with Gasteiger partial charge in [-0.1, -0.05) is 6.92 Å². The summed E-state index contributed by atoms with van der Waals surface area (Å²) in [6.07, 6.45) is 5.16. The molecule has 1 aromatic heterocycles. The predicted molar refractivity (Wildman–Crippen MR) is 56.1 cm³/mol. The molecule has 0 bridgehead atoms. The van der Waals surface area contributed by atoms with Crippen LogP contribution in [0.5, 0.6) is 0 Å². The second-order valence-corrected chi connectivity index (χ2v) is 4.63. The zero-order chi connectivity index (χ0) is 9.10. The SMILES string of the molecule is CCNCc1nc2c(s1)CCCC2. The average Bonchev–Trinajstić information content (AvgIpc) is 2.57. The molecular weight excluding hydrogens is 180 g/mol. The summed E-state index contributed by atoms with van der Waals surface area (Å²) >= 11 is 1.90. The molecule has 0 saturated heterocycles. The lowest BCUT2D eigenvalue weighted by Crippen LogP contribution is -2.11. The maximum Gasteiger partial charge on any atom is 0.107 e. The van der Waals surface area contributed by atoms with Crippen LogP contribution in [0.2, 0.25) is 0 Å². The highest BCUT2D eigenvalue weighted by Crippen LogP contribution is 2.26. The minimum Gasteiger partial charge on any atom is -0.311 e. The predicted octanol–water partition coefficient (Wildman–Crippen LogP) is 2.13. The Bertz CT molecular complexity index is 257. The van der Waals surface area contributed by atoms with Crippen LogP contribution in [0, 0.1) is 0 Å². The number of aromatic nitrogens is 1. The molecule has 1 N–H and O–H groups in total. The van der Waals surface area contributed by atoms with Crippen LogP contribution in [-0.2, 0) is 19.4 Å². The number of nitrogens with zero attached hydrogens (tertiary/aromatic N) is 1. The van der Waals surface area contributed by atoms with Crippen molar-refractivity contribution in [2.45, 2.75) is 39.2 Å². The van der Waals surface area contributed by atoms with Crippen molar-refractivity contribution in [2.75, 3.05) is 6.54 Å². The van der Waals surface area contributed by atoms with Gasteiger partial charge in [-0.25, -0.2) is 4.98 Å². The molecule has 0 aromatic carbocycles. The van der Waals surface area contributed by atoms with Gasteiger partial charge >= 0.3 is 0 Å². The zero-order valence-corrected chi connectivity index (χ0v) is 8.91. The Hall–Kier alpha value is -0.410. The molecule has 0 fully saturated rings. The number of fused-ring (bicyclic) bond motifs is 1. The Morgan fingerprint density at radius 1 is 1.38 bits per heavy atom. The van der Waals surface area contributed by atoms with Gasteiger partial charge in [0.15, 0.2) is 0 Å². The van der Waals surface area contributed by atoms with Crippen molar-refractivity contribution in [1.82, 2.24) is 10.3 Å². The summed E-state index contributed by atoms with van der Waals surface area (Å²) in [5.74, 6) is 0. The highest BCUT2D eigenvalue weighted by Gasteiger charge is 2.14. The lowest BCUT2D eigenvalue weighted by atomic mass is 10.0. The first kappa shape index (κ1) is 9.16. The smallest absolute Gasteiger partial charge is 0.107 e. The van der Waals surface area contributed by atoms with Gasteiger partial charge in [-0.05, 0) is 32.2 Å². The van der Waals surface area contributed by atoms with Crippen molar-refractivity contribution >= 4 is 11.3 Å². The fourth-order valence-corrected chi connectivity index (χ4v) is 2.84. The second kappa shape index (κ2) is 4.20. The third-order valence-corrected chi connectivity index (χ3v) is 3.57. The normalized spacial score (nSPS) is 15.8. The molecule has 1 aliphatic carbocycles. The first-order valence-electron chi connectivity index (χ1n) is 5.08. The van der Waals surface area contributed by atoms with Gasteiger partial charge in [-0.15, -0.1) is 11.3 Å². The molecule has 3 heteroatoms. The van der Waals surface area contributed by atoms with E-state index in [2.05, 4.69) is 17.2 Å². The first-order valence-corrected chi connectivity index (χ1v) is 5.90. The lowest BCUT2D eigenvalue weighted by Gasteiger charge is -2.06. The summed E-state index contributed by atoms with van der Waals surface area (Å²) in [6.45, 7) is 4.12. The molecule has 0 saturated carbocycles. The third-order valence-electron chi connectivity index (χ3n) is 2.42. The zero-order valence-electron chi connectivity index (χ0n) is 8.10. The van der Waals surface area contributed by atoms with E-state index in [9.17, 15) is 0 Å². The molecule has 0 spiro atoms. The monoisotopic (exact) mass is 196 g/mol. The van der Waals surface area contributed by atoms with E-state index in [0.717, 1.165) is 13.1 Å². The lowest BCUT2D eigenvalue weighted by molar-refractivity contribution is 0.674. The summed E-state index contributed by atoms with van der Waals surface area (Å²) in [5, 5.41) is 4.59. The summed E-state index contributed by atoms with van der Waals surface area (Å²) in [6, 6.07) is 0. The van der Waals surface area contributed by atoms with Crippen LogP contribution in [0.25, 0.3) is 0 Å². The Morgan fingerprint density at radius 2 is 2.23 bits per heavy atom. The topological polar surface area (TPSA) is 24.9 Å². The van der Waals surface area contributed by atoms with E-state index < -0.39 is 0 Å². The van der Waals surface area contributed by atoms with Gasteiger partial charge in [0.1, 0.15) is 5.01 Å². The van der Waals surface area contributed by atoms with Gasteiger partial charge in [0, 0.05) is 11.4 Å². The largest absolute Gasteiger partial charge is 0.311 e. The van der Waals surface area contributed by atoms with Crippen LogP contribution in [0.4, 0.5) is 0 Å². The Balaban J connectivity index is 2.07. The van der Waals surface area contributed by atoms with E-state index in [-0.39, 0.29) is 0 Å². The van der Waals surface area contributed by atoms with Crippen molar-refractivity contribution in [3.63, 3.8) is 0 Å². The van der Waals surface area contributed by atoms with E-state index in [4.69, 9.17) is 0 Å². The quantitative estimate of drug-likeness (QED) is 0.801. The average molecular weight is 196 g/mol. The number of rotatable bonds is 3. The summed E-state index contributed by atoms with van der Waals surface area (Å²) in [4.78, 5) is 6.19. The summed E-state index contributed by atoms with van der Waals surface area (Å²) < 4.78 is 0. The van der Waals surface area contributed by atoms with Gasteiger partial charge in [-0.2, -0.15) is 0 Å². The van der Waals surface area contributed by atoms with Crippen LogP contribution in [0.1, 0.15) is 35.3 Å². The number of hydrogen-bond donors (Lipinski definition) is 1. The number of thiazole rings is 1. The van der Waals surface area contributed by atoms with Crippen LogP contribution in [-0.4, -0.2) is 11.5 Å². The summed E-state index contributed by atoms with van der Waals surface area (Å²) in [5.41, 5.74) is 1.38. The number of hydrogen-bond acceptors (Lipinski definition) is 3. The molecule has 0 radical (unpaired) electrons. The van der Waals surface area contributed by atoms with Crippen LogP contribution >= 0.6 is 11.3 Å². The van der Waals surface area contributed by atoms with E-state index in [1.54, 1.807) is 4.88 Å². The van der Waals surface area contributed by atoms with Crippen LogP contribution in [0.15, 0.2) is 0 Å².